The standard InChI is InChI=1S/C20H27N3O5/c1-21-20(23-14-7-8-15(24-2)16(11-14)25-3)22-12-13-9-17(26-4)19(28-6)18(10-13)27-5/h7-11H,12H2,1-6H3,(H2,21,22,23). The number of ether oxygens (including phenoxy) is 5. The van der Waals surface area contributed by atoms with Crippen LogP contribution in [0.3, 0.4) is 0 Å². The summed E-state index contributed by atoms with van der Waals surface area (Å²) < 4.78 is 26.7. The lowest BCUT2D eigenvalue weighted by atomic mass is 10.2. The molecular weight excluding hydrogens is 362 g/mol. The number of aliphatic imine (C=N–C) groups is 1. The van der Waals surface area contributed by atoms with Crippen molar-refractivity contribution in [2.75, 3.05) is 47.9 Å². The Morgan fingerprint density at radius 1 is 0.786 bits per heavy atom. The highest BCUT2D eigenvalue weighted by Gasteiger charge is 2.13. The van der Waals surface area contributed by atoms with Crippen LogP contribution in [0, 0.1) is 0 Å². The lowest BCUT2D eigenvalue weighted by Gasteiger charge is -2.16. The van der Waals surface area contributed by atoms with E-state index in [0.29, 0.717) is 41.3 Å². The normalized spacial score (nSPS) is 10.9. The van der Waals surface area contributed by atoms with Gasteiger partial charge in [0.2, 0.25) is 5.75 Å². The van der Waals surface area contributed by atoms with Crippen LogP contribution in [0.2, 0.25) is 0 Å². The Morgan fingerprint density at radius 3 is 1.89 bits per heavy atom. The van der Waals surface area contributed by atoms with E-state index >= 15 is 0 Å². The van der Waals surface area contributed by atoms with E-state index in [-0.39, 0.29) is 0 Å². The zero-order chi connectivity index (χ0) is 20.5. The SMILES string of the molecule is CN=C(NCc1cc(OC)c(OC)c(OC)c1)Nc1ccc(OC)c(OC)c1. The van der Waals surface area contributed by atoms with Crippen LogP contribution in [0.5, 0.6) is 28.7 Å². The number of rotatable bonds is 8. The molecule has 2 aromatic carbocycles. The number of hydrogen-bond donors (Lipinski definition) is 2. The first-order valence-electron chi connectivity index (χ1n) is 8.58. The van der Waals surface area contributed by atoms with Gasteiger partial charge in [0.25, 0.3) is 0 Å². The molecule has 8 nitrogen and oxygen atoms in total. The van der Waals surface area contributed by atoms with Crippen molar-refractivity contribution >= 4 is 11.6 Å². The molecule has 0 spiro atoms. The maximum absolute atomic E-state index is 5.39. The fourth-order valence-corrected chi connectivity index (χ4v) is 2.65. The third kappa shape index (κ3) is 4.91. The Bertz CT molecular complexity index is 798. The Kier molecular flexibility index (Phi) is 7.62. The van der Waals surface area contributed by atoms with Gasteiger partial charge >= 0.3 is 0 Å². The largest absolute Gasteiger partial charge is 0.493 e. The van der Waals surface area contributed by atoms with E-state index in [9.17, 15) is 0 Å². The molecule has 2 N–H and O–H groups in total. The lowest BCUT2D eigenvalue weighted by molar-refractivity contribution is 0.323. The summed E-state index contributed by atoms with van der Waals surface area (Å²) in [6, 6.07) is 9.32. The van der Waals surface area contributed by atoms with Gasteiger partial charge < -0.3 is 34.3 Å². The summed E-state index contributed by atoms with van der Waals surface area (Å²) in [5, 5.41) is 6.48. The first-order chi connectivity index (χ1) is 13.6. The Hall–Kier alpha value is -3.29. The number of anilines is 1. The zero-order valence-corrected chi connectivity index (χ0v) is 17.1. The fourth-order valence-electron chi connectivity index (χ4n) is 2.65. The minimum atomic E-state index is 0.504. The van der Waals surface area contributed by atoms with Gasteiger partial charge in [-0.25, -0.2) is 0 Å². The van der Waals surface area contributed by atoms with Crippen molar-refractivity contribution in [2.24, 2.45) is 4.99 Å². The topological polar surface area (TPSA) is 82.6 Å². The van der Waals surface area contributed by atoms with Crippen LogP contribution < -0.4 is 34.3 Å². The second kappa shape index (κ2) is 10.1. The van der Waals surface area contributed by atoms with Gasteiger partial charge in [-0.1, -0.05) is 0 Å². The molecule has 152 valence electrons. The molecule has 28 heavy (non-hydrogen) atoms. The van der Waals surface area contributed by atoms with Gasteiger partial charge in [-0.2, -0.15) is 0 Å². The highest BCUT2D eigenvalue weighted by molar-refractivity contribution is 5.93. The van der Waals surface area contributed by atoms with Crippen molar-refractivity contribution in [1.29, 1.82) is 0 Å². The van der Waals surface area contributed by atoms with Crippen LogP contribution in [0.4, 0.5) is 5.69 Å². The zero-order valence-electron chi connectivity index (χ0n) is 17.1. The van der Waals surface area contributed by atoms with Crippen molar-refractivity contribution in [3.63, 3.8) is 0 Å². The van der Waals surface area contributed by atoms with Crippen LogP contribution in [0.15, 0.2) is 35.3 Å². The van der Waals surface area contributed by atoms with Crippen molar-refractivity contribution in [1.82, 2.24) is 5.32 Å². The molecule has 0 aromatic heterocycles. The fraction of sp³-hybridized carbons (Fsp3) is 0.350. The number of methoxy groups -OCH3 is 5. The van der Waals surface area contributed by atoms with Gasteiger partial charge in [0.05, 0.1) is 35.5 Å². The maximum Gasteiger partial charge on any atom is 0.203 e. The van der Waals surface area contributed by atoms with E-state index in [4.69, 9.17) is 23.7 Å². The van der Waals surface area contributed by atoms with E-state index in [2.05, 4.69) is 15.6 Å². The molecule has 0 saturated carbocycles. The first-order valence-corrected chi connectivity index (χ1v) is 8.58. The van der Waals surface area contributed by atoms with E-state index in [1.165, 1.54) is 0 Å². The second-order valence-corrected chi connectivity index (χ2v) is 5.65. The molecule has 0 aliphatic carbocycles. The summed E-state index contributed by atoms with van der Waals surface area (Å²) in [5.74, 6) is 3.64. The van der Waals surface area contributed by atoms with E-state index < -0.39 is 0 Å². The average molecular weight is 389 g/mol. The summed E-state index contributed by atoms with van der Waals surface area (Å²) >= 11 is 0. The van der Waals surface area contributed by atoms with Gasteiger partial charge in [-0.3, -0.25) is 4.99 Å². The summed E-state index contributed by atoms with van der Waals surface area (Å²) in [7, 11) is 9.65. The molecule has 8 heteroatoms. The molecule has 0 aliphatic rings. The van der Waals surface area contributed by atoms with Gasteiger partial charge in [-0.15, -0.1) is 0 Å². The molecule has 2 rings (SSSR count). The van der Waals surface area contributed by atoms with Crippen molar-refractivity contribution in [3.8, 4) is 28.7 Å². The quantitative estimate of drug-likeness (QED) is 0.531. The predicted molar refractivity (Wildman–Crippen MR) is 109 cm³/mol. The Morgan fingerprint density at radius 2 is 1.39 bits per heavy atom. The molecule has 0 unspecified atom stereocenters. The number of hydrogen-bond acceptors (Lipinski definition) is 6. The minimum absolute atomic E-state index is 0.504. The maximum atomic E-state index is 5.39. The van der Waals surface area contributed by atoms with Crippen LogP contribution >= 0.6 is 0 Å². The molecule has 0 amide bonds. The molecular formula is C20H27N3O5. The van der Waals surface area contributed by atoms with E-state index in [1.54, 1.807) is 42.6 Å². The molecule has 0 radical (unpaired) electrons. The smallest absolute Gasteiger partial charge is 0.203 e. The van der Waals surface area contributed by atoms with Crippen LogP contribution in [-0.4, -0.2) is 48.6 Å². The number of nitrogens with zero attached hydrogens (tertiary/aromatic N) is 1. The molecule has 0 saturated heterocycles. The second-order valence-electron chi connectivity index (χ2n) is 5.65. The van der Waals surface area contributed by atoms with Crippen LogP contribution in [0.25, 0.3) is 0 Å². The highest BCUT2D eigenvalue weighted by atomic mass is 16.5. The lowest BCUT2D eigenvalue weighted by Crippen LogP contribution is -2.30. The first kappa shape index (κ1) is 21.0. The van der Waals surface area contributed by atoms with Crippen LogP contribution in [-0.2, 0) is 6.54 Å². The van der Waals surface area contributed by atoms with Crippen molar-refractivity contribution in [3.05, 3.63) is 35.9 Å². The summed E-state index contributed by atoms with van der Waals surface area (Å²) in [6.07, 6.45) is 0. The van der Waals surface area contributed by atoms with Gasteiger partial charge in [0.1, 0.15) is 0 Å². The number of guanidine groups is 1. The molecule has 0 bridgehead atoms. The predicted octanol–water partition coefficient (Wildman–Crippen LogP) is 2.92. The molecule has 0 atom stereocenters. The van der Waals surface area contributed by atoms with Gasteiger partial charge in [0, 0.05) is 25.3 Å². The third-order valence-corrected chi connectivity index (χ3v) is 4.05. The Labute approximate surface area is 165 Å². The summed E-state index contributed by atoms with van der Waals surface area (Å²) in [4.78, 5) is 4.25. The monoisotopic (exact) mass is 389 g/mol. The third-order valence-electron chi connectivity index (χ3n) is 4.05. The van der Waals surface area contributed by atoms with Crippen molar-refractivity contribution < 1.29 is 23.7 Å². The minimum Gasteiger partial charge on any atom is -0.493 e. The molecule has 0 heterocycles. The van der Waals surface area contributed by atoms with Gasteiger partial charge in [0.15, 0.2) is 29.0 Å². The van der Waals surface area contributed by atoms with Crippen LogP contribution in [0.1, 0.15) is 5.56 Å². The average Bonchev–Trinajstić information content (AvgIpc) is 2.75. The highest BCUT2D eigenvalue weighted by Crippen LogP contribution is 2.38. The van der Waals surface area contributed by atoms with E-state index in [0.717, 1.165) is 11.3 Å². The Balaban J connectivity index is 2.12. The number of benzene rings is 2. The number of nitrogens with one attached hydrogen (secondary N) is 2. The van der Waals surface area contributed by atoms with Crippen molar-refractivity contribution in [2.45, 2.75) is 6.54 Å². The van der Waals surface area contributed by atoms with Gasteiger partial charge in [-0.05, 0) is 29.8 Å². The van der Waals surface area contributed by atoms with E-state index in [1.807, 2.05) is 30.3 Å². The molecule has 0 aliphatic heterocycles. The molecule has 2 aromatic rings. The summed E-state index contributed by atoms with van der Waals surface area (Å²) in [5.41, 5.74) is 1.76. The molecule has 0 fully saturated rings. The summed E-state index contributed by atoms with van der Waals surface area (Å²) in [6.45, 7) is 0.504.